The van der Waals surface area contributed by atoms with Gasteiger partial charge in [0, 0.05) is 17.5 Å². The first-order valence-electron chi connectivity index (χ1n) is 11.0. The van der Waals surface area contributed by atoms with Crippen LogP contribution >= 0.6 is 11.3 Å². The van der Waals surface area contributed by atoms with E-state index in [4.69, 9.17) is 0 Å². The van der Waals surface area contributed by atoms with Crippen molar-refractivity contribution in [1.29, 1.82) is 0 Å². The zero-order valence-electron chi connectivity index (χ0n) is 18.4. The first-order chi connectivity index (χ1) is 14.9. The molecule has 1 aromatic carbocycles. The van der Waals surface area contributed by atoms with Crippen molar-refractivity contribution in [2.24, 2.45) is 0 Å². The zero-order chi connectivity index (χ0) is 22.1. The topological polar surface area (TPSA) is 64.3 Å². The van der Waals surface area contributed by atoms with Crippen molar-refractivity contribution in [3.63, 3.8) is 0 Å². The number of thiophene rings is 1. The molecule has 1 amide bonds. The van der Waals surface area contributed by atoms with Gasteiger partial charge in [-0.2, -0.15) is 0 Å². The maximum absolute atomic E-state index is 13.5. The van der Waals surface area contributed by atoms with E-state index in [1.54, 1.807) is 0 Å². The van der Waals surface area contributed by atoms with Crippen LogP contribution in [-0.2, 0) is 17.9 Å². The summed E-state index contributed by atoms with van der Waals surface area (Å²) in [5.41, 5.74) is 1.07. The first-order valence-corrected chi connectivity index (χ1v) is 11.8. The van der Waals surface area contributed by atoms with E-state index in [0.717, 1.165) is 48.2 Å². The SMILES string of the molecule is CCC1CCCCN1C(=O)Cn1c(=O)n(Cc2ccccc2)c(=O)c2c(C)c(C)sc21. The molecule has 1 atom stereocenters. The minimum Gasteiger partial charge on any atom is -0.338 e. The van der Waals surface area contributed by atoms with Gasteiger partial charge in [0.25, 0.3) is 5.56 Å². The minimum atomic E-state index is -0.416. The number of hydrogen-bond acceptors (Lipinski definition) is 4. The van der Waals surface area contributed by atoms with Crippen molar-refractivity contribution in [1.82, 2.24) is 14.0 Å². The Labute approximate surface area is 185 Å². The third-order valence-electron chi connectivity index (χ3n) is 6.43. The standard InChI is InChI=1S/C24H29N3O3S/c1-4-19-12-8-9-13-25(19)20(28)15-27-23-21(16(2)17(3)31-23)22(29)26(24(27)30)14-18-10-6-5-7-11-18/h5-7,10-11,19H,4,8-9,12-15H2,1-3H3. The van der Waals surface area contributed by atoms with Crippen molar-refractivity contribution < 1.29 is 4.79 Å². The first kappa shape index (κ1) is 21.6. The Kier molecular flexibility index (Phi) is 6.14. The molecule has 2 aromatic heterocycles. The molecule has 0 spiro atoms. The summed E-state index contributed by atoms with van der Waals surface area (Å²) in [5.74, 6) is -0.0384. The molecule has 4 rings (SSSR count). The number of likely N-dealkylation sites (tertiary alicyclic amines) is 1. The molecule has 0 N–H and O–H groups in total. The predicted octanol–water partition coefficient (Wildman–Crippen LogP) is 3.68. The number of hydrogen-bond donors (Lipinski definition) is 0. The van der Waals surface area contributed by atoms with Crippen molar-refractivity contribution in [3.8, 4) is 0 Å². The Morgan fingerprint density at radius 3 is 2.55 bits per heavy atom. The number of piperidine rings is 1. The van der Waals surface area contributed by atoms with Crippen LogP contribution in [-0.4, -0.2) is 32.5 Å². The van der Waals surface area contributed by atoms with Gasteiger partial charge in [-0.3, -0.25) is 18.7 Å². The van der Waals surface area contributed by atoms with Crippen molar-refractivity contribution in [2.45, 2.75) is 65.6 Å². The Morgan fingerprint density at radius 2 is 1.84 bits per heavy atom. The molecule has 1 aliphatic heterocycles. The number of aromatic nitrogens is 2. The number of fused-ring (bicyclic) bond motifs is 1. The van der Waals surface area contributed by atoms with Crippen LogP contribution in [0.5, 0.6) is 0 Å². The molecule has 1 saturated heterocycles. The van der Waals surface area contributed by atoms with E-state index in [1.165, 1.54) is 20.5 Å². The summed E-state index contributed by atoms with van der Waals surface area (Å²) in [6.45, 7) is 6.87. The van der Waals surface area contributed by atoms with Crippen LogP contribution in [0.2, 0.25) is 0 Å². The maximum Gasteiger partial charge on any atom is 0.332 e. The number of rotatable bonds is 5. The second kappa shape index (κ2) is 8.83. The van der Waals surface area contributed by atoms with Gasteiger partial charge in [-0.1, -0.05) is 37.3 Å². The summed E-state index contributed by atoms with van der Waals surface area (Å²) in [6.07, 6.45) is 4.06. The predicted molar refractivity (Wildman–Crippen MR) is 125 cm³/mol. The van der Waals surface area contributed by atoms with E-state index in [1.807, 2.05) is 49.1 Å². The molecular weight excluding hydrogens is 410 g/mol. The molecule has 1 fully saturated rings. The molecule has 6 nitrogen and oxygen atoms in total. The third kappa shape index (κ3) is 3.99. The average molecular weight is 440 g/mol. The lowest BCUT2D eigenvalue weighted by Gasteiger charge is -2.35. The van der Waals surface area contributed by atoms with Gasteiger partial charge in [-0.25, -0.2) is 4.79 Å². The largest absolute Gasteiger partial charge is 0.338 e. The maximum atomic E-state index is 13.5. The molecule has 31 heavy (non-hydrogen) atoms. The van der Waals surface area contributed by atoms with E-state index < -0.39 is 5.69 Å². The third-order valence-corrected chi connectivity index (χ3v) is 7.66. The number of nitrogens with zero attached hydrogens (tertiary/aromatic N) is 3. The summed E-state index contributed by atoms with van der Waals surface area (Å²) in [4.78, 5) is 43.5. The van der Waals surface area contributed by atoms with Gasteiger partial charge >= 0.3 is 5.69 Å². The fourth-order valence-corrected chi connectivity index (χ4v) is 5.67. The summed E-state index contributed by atoms with van der Waals surface area (Å²) >= 11 is 1.42. The van der Waals surface area contributed by atoms with Crippen LogP contribution in [0.3, 0.4) is 0 Å². The quantitative estimate of drug-likeness (QED) is 0.609. The molecule has 1 unspecified atom stereocenters. The lowest BCUT2D eigenvalue weighted by Crippen LogP contribution is -2.47. The lowest BCUT2D eigenvalue weighted by molar-refractivity contribution is -0.135. The van der Waals surface area contributed by atoms with E-state index >= 15 is 0 Å². The molecule has 0 bridgehead atoms. The highest BCUT2D eigenvalue weighted by molar-refractivity contribution is 7.18. The number of benzene rings is 1. The molecule has 164 valence electrons. The van der Waals surface area contributed by atoms with Crippen LogP contribution < -0.4 is 11.2 Å². The number of carbonyl (C=O) groups is 1. The van der Waals surface area contributed by atoms with Gasteiger partial charge < -0.3 is 4.90 Å². The van der Waals surface area contributed by atoms with Gasteiger partial charge in [0.15, 0.2) is 0 Å². The fourth-order valence-electron chi connectivity index (χ4n) is 4.53. The second-order valence-electron chi connectivity index (χ2n) is 8.35. The molecule has 0 radical (unpaired) electrons. The van der Waals surface area contributed by atoms with E-state index in [9.17, 15) is 14.4 Å². The second-order valence-corrected chi connectivity index (χ2v) is 9.56. The number of carbonyl (C=O) groups excluding carboxylic acids is 1. The summed E-state index contributed by atoms with van der Waals surface area (Å²) in [6, 6.07) is 9.72. The van der Waals surface area contributed by atoms with Crippen LogP contribution in [0, 0.1) is 13.8 Å². The van der Waals surface area contributed by atoms with Gasteiger partial charge in [0.2, 0.25) is 5.91 Å². The Morgan fingerprint density at radius 1 is 1.10 bits per heavy atom. The smallest absolute Gasteiger partial charge is 0.332 e. The van der Waals surface area contributed by atoms with Crippen LogP contribution in [0.15, 0.2) is 39.9 Å². The van der Waals surface area contributed by atoms with Crippen molar-refractivity contribution in [3.05, 3.63) is 67.2 Å². The van der Waals surface area contributed by atoms with Gasteiger partial charge in [0.1, 0.15) is 11.4 Å². The Hall–Kier alpha value is -2.67. The molecular formula is C24H29N3O3S. The Balaban J connectivity index is 1.82. The van der Waals surface area contributed by atoms with Crippen LogP contribution in [0.4, 0.5) is 0 Å². The van der Waals surface area contributed by atoms with Crippen molar-refractivity contribution >= 4 is 27.5 Å². The Bertz CT molecular complexity index is 1220. The fraction of sp³-hybridized carbons (Fsp3) is 0.458. The van der Waals surface area contributed by atoms with Crippen LogP contribution in [0.1, 0.15) is 48.6 Å². The van der Waals surface area contributed by atoms with Crippen LogP contribution in [0.25, 0.3) is 10.2 Å². The van der Waals surface area contributed by atoms with E-state index in [0.29, 0.717) is 10.2 Å². The number of amides is 1. The monoisotopic (exact) mass is 439 g/mol. The summed E-state index contributed by atoms with van der Waals surface area (Å²) in [7, 11) is 0. The highest BCUT2D eigenvalue weighted by Crippen LogP contribution is 2.27. The minimum absolute atomic E-state index is 0.0275. The van der Waals surface area contributed by atoms with Crippen molar-refractivity contribution in [2.75, 3.05) is 6.54 Å². The molecule has 1 aliphatic rings. The van der Waals surface area contributed by atoms with Gasteiger partial charge in [-0.05, 0) is 50.7 Å². The molecule has 7 heteroatoms. The molecule has 3 heterocycles. The zero-order valence-corrected chi connectivity index (χ0v) is 19.2. The van der Waals surface area contributed by atoms with Gasteiger partial charge in [-0.15, -0.1) is 11.3 Å². The average Bonchev–Trinajstić information content (AvgIpc) is 3.09. The van der Waals surface area contributed by atoms with E-state index in [2.05, 4.69) is 6.92 Å². The molecule has 3 aromatic rings. The van der Waals surface area contributed by atoms with E-state index in [-0.39, 0.29) is 30.6 Å². The highest BCUT2D eigenvalue weighted by atomic mass is 32.1. The summed E-state index contributed by atoms with van der Waals surface area (Å²) < 4.78 is 2.80. The molecule has 0 aliphatic carbocycles. The normalized spacial score (nSPS) is 16.7. The molecule has 0 saturated carbocycles. The highest BCUT2D eigenvalue weighted by Gasteiger charge is 2.27. The summed E-state index contributed by atoms with van der Waals surface area (Å²) in [5, 5.41) is 0.552. The van der Waals surface area contributed by atoms with Gasteiger partial charge in [0.05, 0.1) is 11.9 Å². The number of aryl methyl sites for hydroxylation is 2. The lowest BCUT2D eigenvalue weighted by atomic mass is 10.00.